The zero-order valence-electron chi connectivity index (χ0n) is 16.6. The zero-order valence-corrected chi connectivity index (χ0v) is 18.2. The minimum Gasteiger partial charge on any atom is -0.492 e. The van der Waals surface area contributed by atoms with Gasteiger partial charge in [0, 0.05) is 5.56 Å². The molecule has 0 saturated carbocycles. The molecule has 0 aliphatic carbocycles. The summed E-state index contributed by atoms with van der Waals surface area (Å²) in [5, 5.41) is 8.17. The predicted molar refractivity (Wildman–Crippen MR) is 111 cm³/mol. The van der Waals surface area contributed by atoms with E-state index < -0.39 is 36.6 Å². The molecule has 0 fully saturated rings. The molecule has 9 heteroatoms. The number of sulfone groups is 2. The molecule has 1 aliphatic heterocycles. The van der Waals surface area contributed by atoms with E-state index in [9.17, 15) is 26.7 Å². The van der Waals surface area contributed by atoms with Crippen LogP contribution in [0, 0.1) is 0 Å². The number of unbranched alkanes of at least 4 members (excludes halogenated alkanes) is 3. The minimum absolute atomic E-state index is 0.0207. The molecule has 1 heterocycles. The quantitative estimate of drug-likeness (QED) is 0.578. The summed E-state index contributed by atoms with van der Waals surface area (Å²) >= 11 is 0. The van der Waals surface area contributed by atoms with Crippen molar-refractivity contribution in [3.63, 3.8) is 0 Å². The van der Waals surface area contributed by atoms with Crippen molar-refractivity contribution >= 4 is 25.6 Å². The summed E-state index contributed by atoms with van der Waals surface area (Å²) in [6.07, 6.45) is 3.52. The Bertz CT molecular complexity index is 1140. The van der Waals surface area contributed by atoms with E-state index in [1.807, 2.05) is 0 Å². The lowest BCUT2D eigenvalue weighted by Crippen LogP contribution is -2.17. The lowest BCUT2D eigenvalue weighted by atomic mass is 10.1. The molecule has 1 unspecified atom stereocenters. The maximum atomic E-state index is 13.3. The Morgan fingerprint density at radius 3 is 2.43 bits per heavy atom. The number of benzene rings is 2. The van der Waals surface area contributed by atoms with E-state index in [2.05, 4.69) is 6.92 Å². The molecule has 1 aliphatic rings. The molecular formula is C21H24O7S2. The van der Waals surface area contributed by atoms with Crippen LogP contribution in [0.3, 0.4) is 0 Å². The Kier molecular flexibility index (Phi) is 6.52. The van der Waals surface area contributed by atoms with E-state index in [-0.39, 0.29) is 33.3 Å². The normalized spacial score (nSPS) is 17.4. The molecule has 7 nitrogen and oxygen atoms in total. The van der Waals surface area contributed by atoms with Gasteiger partial charge in [-0.3, -0.25) is 0 Å². The Morgan fingerprint density at radius 2 is 1.80 bits per heavy atom. The van der Waals surface area contributed by atoms with Crippen LogP contribution in [0.2, 0.25) is 0 Å². The molecule has 2 aromatic rings. The Hall–Kier alpha value is -2.39. The van der Waals surface area contributed by atoms with Crippen molar-refractivity contribution in [2.45, 2.75) is 47.6 Å². The molecule has 0 saturated heterocycles. The highest BCUT2D eigenvalue weighted by molar-refractivity contribution is 7.96. The monoisotopic (exact) mass is 452 g/mol. The van der Waals surface area contributed by atoms with Crippen molar-refractivity contribution in [2.24, 2.45) is 0 Å². The first-order valence-electron chi connectivity index (χ1n) is 9.75. The Labute approximate surface area is 176 Å². The standard InChI is InChI=1S/C21H24O7S2/c1-2-3-4-8-13-28-20-16(21(22)23)11-12-17-19(20)18(14-29(17,24)25)30(26,27)15-9-6-5-7-10-15/h5-7,9-12,18H,2-4,8,13-14H2,1H3,(H,22,23). The Balaban J connectivity index is 2.12. The van der Waals surface area contributed by atoms with Gasteiger partial charge in [-0.1, -0.05) is 44.4 Å². The van der Waals surface area contributed by atoms with Crippen molar-refractivity contribution in [3.05, 3.63) is 53.6 Å². The van der Waals surface area contributed by atoms with E-state index >= 15 is 0 Å². The number of carbonyl (C=O) groups is 1. The van der Waals surface area contributed by atoms with Crippen LogP contribution in [0.25, 0.3) is 0 Å². The van der Waals surface area contributed by atoms with E-state index in [4.69, 9.17) is 4.74 Å². The minimum atomic E-state index is -4.08. The van der Waals surface area contributed by atoms with Crippen LogP contribution in [0.4, 0.5) is 0 Å². The summed E-state index contributed by atoms with van der Waals surface area (Å²) in [4.78, 5) is 11.6. The molecule has 1 atom stereocenters. The fourth-order valence-electron chi connectivity index (χ4n) is 3.58. The molecule has 3 rings (SSSR count). The predicted octanol–water partition coefficient (Wildman–Crippen LogP) is 3.65. The van der Waals surface area contributed by atoms with Crippen LogP contribution in [-0.4, -0.2) is 40.3 Å². The van der Waals surface area contributed by atoms with Gasteiger partial charge in [0.25, 0.3) is 0 Å². The average molecular weight is 453 g/mol. The molecular weight excluding hydrogens is 428 g/mol. The number of aromatic carboxylic acids is 1. The number of fused-ring (bicyclic) bond motifs is 1. The van der Waals surface area contributed by atoms with Crippen LogP contribution in [0.1, 0.15) is 53.8 Å². The summed E-state index contributed by atoms with van der Waals surface area (Å²) in [5.74, 6) is -2.11. The van der Waals surface area contributed by atoms with Gasteiger partial charge in [0.15, 0.2) is 19.7 Å². The van der Waals surface area contributed by atoms with Crippen molar-refractivity contribution in [1.82, 2.24) is 0 Å². The van der Waals surface area contributed by atoms with Crippen LogP contribution in [0.15, 0.2) is 52.3 Å². The number of carboxylic acids is 1. The molecule has 30 heavy (non-hydrogen) atoms. The molecule has 1 N–H and O–H groups in total. The first kappa shape index (κ1) is 22.3. The third-order valence-electron chi connectivity index (χ3n) is 5.10. The van der Waals surface area contributed by atoms with Gasteiger partial charge in [0.2, 0.25) is 0 Å². The number of rotatable bonds is 9. The highest BCUT2D eigenvalue weighted by atomic mass is 32.2. The maximum Gasteiger partial charge on any atom is 0.339 e. The lowest BCUT2D eigenvalue weighted by molar-refractivity contribution is 0.0691. The van der Waals surface area contributed by atoms with Crippen LogP contribution in [0.5, 0.6) is 5.75 Å². The maximum absolute atomic E-state index is 13.3. The highest BCUT2D eigenvalue weighted by Gasteiger charge is 2.46. The van der Waals surface area contributed by atoms with Crippen LogP contribution in [-0.2, 0) is 19.7 Å². The van der Waals surface area contributed by atoms with Gasteiger partial charge >= 0.3 is 5.97 Å². The molecule has 0 aromatic heterocycles. The van der Waals surface area contributed by atoms with Gasteiger partial charge in [-0.05, 0) is 30.7 Å². The SMILES string of the molecule is CCCCCCOc1c(C(=O)O)ccc2c1C(S(=O)(=O)c1ccccc1)CS2(=O)=O. The summed E-state index contributed by atoms with van der Waals surface area (Å²) in [6, 6.07) is 9.88. The molecule has 0 bridgehead atoms. The molecule has 0 amide bonds. The fourth-order valence-corrected chi connectivity index (χ4v) is 7.90. The number of ether oxygens (including phenoxy) is 1. The second-order valence-electron chi connectivity index (χ2n) is 7.20. The van der Waals surface area contributed by atoms with Gasteiger partial charge in [-0.15, -0.1) is 0 Å². The van der Waals surface area contributed by atoms with Crippen molar-refractivity contribution in [3.8, 4) is 5.75 Å². The first-order valence-corrected chi connectivity index (χ1v) is 12.9. The summed E-state index contributed by atoms with van der Waals surface area (Å²) in [7, 11) is -7.98. The largest absolute Gasteiger partial charge is 0.492 e. The highest BCUT2D eigenvalue weighted by Crippen LogP contribution is 2.47. The van der Waals surface area contributed by atoms with Gasteiger partial charge in [0.1, 0.15) is 16.6 Å². The Morgan fingerprint density at radius 1 is 1.10 bits per heavy atom. The van der Waals surface area contributed by atoms with Crippen LogP contribution < -0.4 is 4.74 Å². The fraction of sp³-hybridized carbons (Fsp3) is 0.381. The summed E-state index contributed by atoms with van der Waals surface area (Å²) in [5.41, 5.74) is -0.316. The third kappa shape index (κ3) is 4.22. The van der Waals surface area contributed by atoms with E-state index in [1.165, 1.54) is 18.2 Å². The second-order valence-corrected chi connectivity index (χ2v) is 11.3. The third-order valence-corrected chi connectivity index (χ3v) is 9.19. The van der Waals surface area contributed by atoms with Gasteiger partial charge in [0.05, 0.1) is 22.2 Å². The van der Waals surface area contributed by atoms with E-state index in [1.54, 1.807) is 18.2 Å². The van der Waals surface area contributed by atoms with Crippen LogP contribution >= 0.6 is 0 Å². The number of carboxylic acid groups (broad SMARTS) is 1. The van der Waals surface area contributed by atoms with Gasteiger partial charge < -0.3 is 9.84 Å². The summed E-state index contributed by atoms with van der Waals surface area (Å²) in [6.45, 7) is 2.23. The van der Waals surface area contributed by atoms with Crippen molar-refractivity contribution in [2.75, 3.05) is 12.4 Å². The van der Waals surface area contributed by atoms with E-state index in [0.717, 1.165) is 25.3 Å². The lowest BCUT2D eigenvalue weighted by Gasteiger charge is -2.18. The molecule has 0 radical (unpaired) electrons. The molecule has 2 aromatic carbocycles. The molecule has 162 valence electrons. The van der Waals surface area contributed by atoms with Gasteiger partial charge in [-0.2, -0.15) is 0 Å². The number of hydrogen-bond acceptors (Lipinski definition) is 6. The van der Waals surface area contributed by atoms with Gasteiger partial charge in [-0.25, -0.2) is 21.6 Å². The number of hydrogen-bond donors (Lipinski definition) is 1. The first-order chi connectivity index (χ1) is 14.2. The van der Waals surface area contributed by atoms with Crippen molar-refractivity contribution in [1.29, 1.82) is 0 Å². The zero-order chi connectivity index (χ0) is 21.9. The average Bonchev–Trinajstić information content (AvgIpc) is 3.00. The van der Waals surface area contributed by atoms with Crippen molar-refractivity contribution < 1.29 is 31.5 Å². The topological polar surface area (TPSA) is 115 Å². The molecule has 0 spiro atoms. The summed E-state index contributed by atoms with van der Waals surface area (Å²) < 4.78 is 57.7. The van der Waals surface area contributed by atoms with E-state index in [0.29, 0.717) is 6.42 Å². The second kappa shape index (κ2) is 8.77. The smallest absolute Gasteiger partial charge is 0.339 e.